The Hall–Kier alpha value is -2.02. The minimum Gasteiger partial charge on any atom is -0.490 e. The molecule has 0 fully saturated rings. The number of benzene rings is 1. The maximum absolute atomic E-state index is 10.9. The van der Waals surface area contributed by atoms with E-state index in [1.807, 2.05) is 13.8 Å². The highest BCUT2D eigenvalue weighted by Crippen LogP contribution is 2.28. The number of aryl methyl sites for hydroxylation is 1. The first-order valence-electron chi connectivity index (χ1n) is 8.07. The summed E-state index contributed by atoms with van der Waals surface area (Å²) >= 11 is 1.68. The van der Waals surface area contributed by atoms with E-state index < -0.39 is 0 Å². The fourth-order valence-electron chi connectivity index (χ4n) is 2.22. The molecule has 130 valence electrons. The zero-order valence-corrected chi connectivity index (χ0v) is 15.1. The molecule has 0 N–H and O–H groups in total. The molecule has 1 aromatic carbocycles. The summed E-state index contributed by atoms with van der Waals surface area (Å²) in [5.41, 5.74) is 0.579. The van der Waals surface area contributed by atoms with Gasteiger partial charge in [-0.1, -0.05) is 11.8 Å². The van der Waals surface area contributed by atoms with E-state index in [0.29, 0.717) is 30.3 Å². The lowest BCUT2D eigenvalue weighted by molar-refractivity contribution is 0.112. The van der Waals surface area contributed by atoms with Crippen molar-refractivity contribution >= 4 is 18.0 Å². The fourth-order valence-corrected chi connectivity index (χ4v) is 3.18. The maximum Gasteiger partial charge on any atom is 0.191 e. The summed E-state index contributed by atoms with van der Waals surface area (Å²) in [5.74, 6) is 3.11. The van der Waals surface area contributed by atoms with Gasteiger partial charge in [0.25, 0.3) is 0 Å². The van der Waals surface area contributed by atoms with Crippen LogP contribution >= 0.6 is 11.8 Å². The van der Waals surface area contributed by atoms with Crippen molar-refractivity contribution in [3.63, 3.8) is 0 Å². The lowest BCUT2D eigenvalue weighted by Gasteiger charge is -2.12. The summed E-state index contributed by atoms with van der Waals surface area (Å²) in [4.78, 5) is 10.9. The zero-order chi connectivity index (χ0) is 17.4. The third-order valence-corrected chi connectivity index (χ3v) is 4.45. The molecule has 0 spiro atoms. The molecule has 6 nitrogen and oxygen atoms in total. The van der Waals surface area contributed by atoms with Crippen molar-refractivity contribution in [3.8, 4) is 11.5 Å². The van der Waals surface area contributed by atoms with Gasteiger partial charge in [0, 0.05) is 17.9 Å². The summed E-state index contributed by atoms with van der Waals surface area (Å²) in [5, 5.41) is 9.22. The lowest BCUT2D eigenvalue weighted by Crippen LogP contribution is -2.03. The number of aromatic nitrogens is 3. The van der Waals surface area contributed by atoms with Crippen LogP contribution in [0.1, 0.15) is 36.5 Å². The number of aldehydes is 1. The molecule has 24 heavy (non-hydrogen) atoms. The second kappa shape index (κ2) is 9.32. The lowest BCUT2D eigenvalue weighted by atomic mass is 10.2. The largest absolute Gasteiger partial charge is 0.490 e. The molecular weight excluding hydrogens is 326 g/mol. The van der Waals surface area contributed by atoms with Crippen LogP contribution in [0.5, 0.6) is 11.5 Å². The molecule has 0 aliphatic heterocycles. The molecule has 0 atom stereocenters. The van der Waals surface area contributed by atoms with E-state index in [2.05, 4.69) is 21.7 Å². The molecule has 7 heteroatoms. The summed E-state index contributed by atoms with van der Waals surface area (Å²) in [6.45, 7) is 7.93. The molecule has 0 unspecified atom stereocenters. The van der Waals surface area contributed by atoms with E-state index >= 15 is 0 Å². The number of carbonyl (C=O) groups is 1. The van der Waals surface area contributed by atoms with E-state index in [1.165, 1.54) is 0 Å². The Labute approximate surface area is 146 Å². The number of hydrogen-bond donors (Lipinski definition) is 0. The van der Waals surface area contributed by atoms with Crippen LogP contribution in [0.2, 0.25) is 0 Å². The monoisotopic (exact) mass is 349 g/mol. The maximum atomic E-state index is 10.9. The molecule has 0 bridgehead atoms. The highest BCUT2D eigenvalue weighted by molar-refractivity contribution is 7.99. The Morgan fingerprint density at radius 2 is 2.04 bits per heavy atom. The van der Waals surface area contributed by atoms with E-state index in [0.717, 1.165) is 36.0 Å². The fraction of sp³-hybridized carbons (Fsp3) is 0.471. The molecule has 2 aromatic rings. The first-order valence-corrected chi connectivity index (χ1v) is 9.05. The molecule has 0 radical (unpaired) electrons. The molecule has 1 heterocycles. The molecule has 0 saturated heterocycles. The molecule has 0 saturated carbocycles. The van der Waals surface area contributed by atoms with Crippen molar-refractivity contribution < 1.29 is 14.3 Å². The van der Waals surface area contributed by atoms with Crippen LogP contribution in [0, 0.1) is 6.92 Å². The number of ether oxygens (including phenoxy) is 2. The summed E-state index contributed by atoms with van der Waals surface area (Å²) in [7, 11) is 0. The van der Waals surface area contributed by atoms with Gasteiger partial charge in [0.1, 0.15) is 12.1 Å². The number of carbonyl (C=O) groups excluding carboxylic acids is 1. The van der Waals surface area contributed by atoms with Crippen molar-refractivity contribution in [2.75, 3.05) is 19.0 Å². The third-order valence-electron chi connectivity index (χ3n) is 3.40. The minimum atomic E-state index is 0.528. The predicted molar refractivity (Wildman–Crippen MR) is 94.3 cm³/mol. The van der Waals surface area contributed by atoms with E-state index in [9.17, 15) is 4.79 Å². The van der Waals surface area contributed by atoms with Gasteiger partial charge in [-0.3, -0.25) is 4.79 Å². The van der Waals surface area contributed by atoms with Gasteiger partial charge in [-0.2, -0.15) is 0 Å². The van der Waals surface area contributed by atoms with Gasteiger partial charge in [0.15, 0.2) is 16.7 Å². The average Bonchev–Trinajstić information content (AvgIpc) is 2.95. The van der Waals surface area contributed by atoms with Gasteiger partial charge in [0.05, 0.1) is 13.2 Å². The number of thioether (sulfide) groups is 1. The van der Waals surface area contributed by atoms with Crippen molar-refractivity contribution in [1.82, 2.24) is 14.8 Å². The standard InChI is InChI=1S/C17H23N3O3S/c1-4-20-13(3)18-19-17(20)24-10-6-9-23-15-8-7-14(12-21)11-16(15)22-5-2/h7-8,11-12H,4-6,9-10H2,1-3H3. The Kier molecular flexibility index (Phi) is 7.11. The zero-order valence-electron chi connectivity index (χ0n) is 14.3. The molecule has 0 amide bonds. The van der Waals surface area contributed by atoms with Gasteiger partial charge in [-0.05, 0) is 45.4 Å². The van der Waals surface area contributed by atoms with Crippen LogP contribution in [0.3, 0.4) is 0 Å². The van der Waals surface area contributed by atoms with Crippen LogP contribution in [-0.4, -0.2) is 40.0 Å². The molecular formula is C17H23N3O3S. The molecule has 0 aliphatic rings. The quantitative estimate of drug-likeness (QED) is 0.372. The second-order valence-electron chi connectivity index (χ2n) is 5.08. The van der Waals surface area contributed by atoms with Gasteiger partial charge >= 0.3 is 0 Å². The van der Waals surface area contributed by atoms with Crippen molar-refractivity contribution in [1.29, 1.82) is 0 Å². The highest BCUT2D eigenvalue weighted by Gasteiger charge is 2.08. The highest BCUT2D eigenvalue weighted by atomic mass is 32.2. The van der Waals surface area contributed by atoms with Crippen molar-refractivity contribution in [2.24, 2.45) is 0 Å². The van der Waals surface area contributed by atoms with Crippen LogP contribution in [0.4, 0.5) is 0 Å². The van der Waals surface area contributed by atoms with Crippen LogP contribution in [0.15, 0.2) is 23.4 Å². The molecule has 1 aromatic heterocycles. The summed E-state index contributed by atoms with van der Waals surface area (Å²) in [6.07, 6.45) is 1.68. The first-order chi connectivity index (χ1) is 11.7. The Bertz CT molecular complexity index is 673. The van der Waals surface area contributed by atoms with Gasteiger partial charge < -0.3 is 14.0 Å². The van der Waals surface area contributed by atoms with Crippen LogP contribution in [0.25, 0.3) is 0 Å². The smallest absolute Gasteiger partial charge is 0.191 e. The summed E-state index contributed by atoms with van der Waals surface area (Å²) in [6, 6.07) is 5.21. The van der Waals surface area contributed by atoms with E-state index in [4.69, 9.17) is 9.47 Å². The number of hydrogen-bond acceptors (Lipinski definition) is 6. The van der Waals surface area contributed by atoms with Crippen molar-refractivity contribution in [3.05, 3.63) is 29.6 Å². The van der Waals surface area contributed by atoms with Gasteiger partial charge in [0.2, 0.25) is 0 Å². The number of nitrogens with zero attached hydrogens (tertiary/aromatic N) is 3. The SMILES string of the molecule is CCOc1cc(C=O)ccc1OCCCSc1nnc(C)n1CC. The predicted octanol–water partition coefficient (Wildman–Crippen LogP) is 3.38. The van der Waals surface area contributed by atoms with Crippen LogP contribution < -0.4 is 9.47 Å². The first kappa shape index (κ1) is 18.3. The Balaban J connectivity index is 1.82. The molecule has 2 rings (SSSR count). The Morgan fingerprint density at radius 1 is 1.21 bits per heavy atom. The van der Waals surface area contributed by atoms with E-state index in [1.54, 1.807) is 30.0 Å². The molecule has 0 aliphatic carbocycles. The van der Waals surface area contributed by atoms with Gasteiger partial charge in [-0.15, -0.1) is 10.2 Å². The van der Waals surface area contributed by atoms with Crippen molar-refractivity contribution in [2.45, 2.75) is 38.9 Å². The Morgan fingerprint density at radius 3 is 2.75 bits per heavy atom. The topological polar surface area (TPSA) is 66.2 Å². The third kappa shape index (κ3) is 4.74. The summed E-state index contributed by atoms with van der Waals surface area (Å²) < 4.78 is 13.4. The number of rotatable bonds is 10. The van der Waals surface area contributed by atoms with E-state index in [-0.39, 0.29) is 0 Å². The average molecular weight is 349 g/mol. The van der Waals surface area contributed by atoms with Gasteiger partial charge in [-0.25, -0.2) is 0 Å². The normalized spacial score (nSPS) is 10.6. The minimum absolute atomic E-state index is 0.528. The van der Waals surface area contributed by atoms with Crippen LogP contribution in [-0.2, 0) is 6.54 Å². The second-order valence-corrected chi connectivity index (χ2v) is 6.14.